The molecule has 1 aromatic carbocycles. The van der Waals surface area contributed by atoms with Gasteiger partial charge in [-0.2, -0.15) is 0 Å². The number of nitrogens with zero attached hydrogens (tertiary/aromatic N) is 4. The second kappa shape index (κ2) is 9.07. The van der Waals surface area contributed by atoms with E-state index >= 15 is 0 Å². The lowest BCUT2D eigenvalue weighted by atomic mass is 10.0. The van der Waals surface area contributed by atoms with Crippen molar-refractivity contribution in [3.8, 4) is 0 Å². The smallest absolute Gasteiger partial charge is 0.236 e. The molecular weight excluding hydrogens is 336 g/mol. The maximum absolute atomic E-state index is 12.7. The molecule has 0 bridgehead atoms. The zero-order chi connectivity index (χ0) is 19.4. The Morgan fingerprint density at radius 1 is 0.852 bits per heavy atom. The molecule has 27 heavy (non-hydrogen) atoms. The van der Waals surface area contributed by atoms with Crippen LogP contribution in [-0.4, -0.2) is 85.6 Å². The quantitative estimate of drug-likeness (QED) is 0.794. The highest BCUT2D eigenvalue weighted by Crippen LogP contribution is 2.21. The van der Waals surface area contributed by atoms with Crippen molar-refractivity contribution in [2.75, 3.05) is 63.8 Å². The van der Waals surface area contributed by atoms with Gasteiger partial charge in [-0.1, -0.05) is 26.0 Å². The predicted octanol–water partition coefficient (Wildman–Crippen LogP) is 2.48. The average Bonchev–Trinajstić information content (AvgIpc) is 2.68. The Hall–Kier alpha value is -1.59. The molecular formula is C22H36N4O. The molecule has 3 rings (SSSR count). The van der Waals surface area contributed by atoms with E-state index in [0.717, 1.165) is 52.4 Å². The van der Waals surface area contributed by atoms with Gasteiger partial charge in [0, 0.05) is 64.1 Å². The molecule has 2 fully saturated rings. The van der Waals surface area contributed by atoms with Crippen LogP contribution in [0.3, 0.4) is 0 Å². The van der Waals surface area contributed by atoms with Crippen molar-refractivity contribution >= 4 is 11.6 Å². The van der Waals surface area contributed by atoms with Gasteiger partial charge >= 0.3 is 0 Å². The minimum absolute atomic E-state index is 0.294. The molecule has 1 aromatic rings. The fourth-order valence-electron chi connectivity index (χ4n) is 4.01. The molecule has 0 unspecified atom stereocenters. The summed E-state index contributed by atoms with van der Waals surface area (Å²) in [5.74, 6) is 0.860. The molecule has 0 spiro atoms. The van der Waals surface area contributed by atoms with Gasteiger partial charge in [-0.15, -0.1) is 0 Å². The molecule has 0 atom stereocenters. The summed E-state index contributed by atoms with van der Waals surface area (Å²) >= 11 is 0. The SMILES string of the molecule is CC(C)c1ccc(N2CCN(C(=O)CN3CCN(C(C)C)CC3)CC2)cc1. The Bertz CT molecular complexity index is 597. The van der Waals surface area contributed by atoms with Gasteiger partial charge in [0.05, 0.1) is 6.54 Å². The maximum Gasteiger partial charge on any atom is 0.236 e. The second-order valence-electron chi connectivity index (χ2n) is 8.52. The fourth-order valence-corrected chi connectivity index (χ4v) is 4.01. The molecule has 5 heteroatoms. The summed E-state index contributed by atoms with van der Waals surface area (Å²) in [5, 5.41) is 0. The van der Waals surface area contributed by atoms with E-state index in [1.807, 2.05) is 4.90 Å². The van der Waals surface area contributed by atoms with Crippen molar-refractivity contribution in [2.24, 2.45) is 0 Å². The molecule has 2 aliphatic heterocycles. The lowest BCUT2D eigenvalue weighted by Crippen LogP contribution is -2.54. The monoisotopic (exact) mass is 372 g/mol. The average molecular weight is 373 g/mol. The molecule has 0 aromatic heterocycles. The Morgan fingerprint density at radius 3 is 1.96 bits per heavy atom. The number of benzene rings is 1. The van der Waals surface area contributed by atoms with Crippen LogP contribution in [0, 0.1) is 0 Å². The van der Waals surface area contributed by atoms with Crippen molar-refractivity contribution in [1.82, 2.24) is 14.7 Å². The number of amides is 1. The summed E-state index contributed by atoms with van der Waals surface area (Å²) in [5.41, 5.74) is 2.65. The Labute approximate surface area is 164 Å². The van der Waals surface area contributed by atoms with Crippen LogP contribution < -0.4 is 4.90 Å². The van der Waals surface area contributed by atoms with Crippen LogP contribution in [0.2, 0.25) is 0 Å². The van der Waals surface area contributed by atoms with Crippen LogP contribution in [0.15, 0.2) is 24.3 Å². The van der Waals surface area contributed by atoms with E-state index in [1.165, 1.54) is 11.3 Å². The highest BCUT2D eigenvalue weighted by molar-refractivity contribution is 5.78. The molecule has 5 nitrogen and oxygen atoms in total. The van der Waals surface area contributed by atoms with E-state index in [4.69, 9.17) is 0 Å². The number of hydrogen-bond donors (Lipinski definition) is 0. The molecule has 150 valence electrons. The first-order valence-corrected chi connectivity index (χ1v) is 10.5. The number of piperazine rings is 2. The van der Waals surface area contributed by atoms with Crippen LogP contribution in [-0.2, 0) is 4.79 Å². The summed E-state index contributed by atoms with van der Waals surface area (Å²) in [6.45, 7) is 17.2. The molecule has 2 saturated heterocycles. The highest BCUT2D eigenvalue weighted by atomic mass is 16.2. The normalized spacial score (nSPS) is 19.9. The molecule has 2 heterocycles. The minimum atomic E-state index is 0.294. The minimum Gasteiger partial charge on any atom is -0.368 e. The third-order valence-electron chi connectivity index (χ3n) is 6.05. The van der Waals surface area contributed by atoms with Crippen molar-refractivity contribution in [1.29, 1.82) is 0 Å². The number of anilines is 1. The lowest BCUT2D eigenvalue weighted by Gasteiger charge is -2.39. The number of hydrogen-bond acceptors (Lipinski definition) is 4. The van der Waals surface area contributed by atoms with Crippen LogP contribution in [0.4, 0.5) is 5.69 Å². The summed E-state index contributed by atoms with van der Waals surface area (Å²) in [6, 6.07) is 9.51. The largest absolute Gasteiger partial charge is 0.368 e. The summed E-state index contributed by atoms with van der Waals surface area (Å²) in [4.78, 5) is 22.0. The number of rotatable bonds is 5. The lowest BCUT2D eigenvalue weighted by molar-refractivity contribution is -0.133. The molecule has 0 N–H and O–H groups in total. The van der Waals surface area contributed by atoms with Crippen LogP contribution in [0.5, 0.6) is 0 Å². The summed E-state index contributed by atoms with van der Waals surface area (Å²) < 4.78 is 0. The number of carbonyl (C=O) groups excluding carboxylic acids is 1. The first kappa shape index (κ1) is 20.2. The van der Waals surface area contributed by atoms with Gasteiger partial charge in [0.2, 0.25) is 5.91 Å². The molecule has 1 amide bonds. The molecule has 0 radical (unpaired) electrons. The van der Waals surface area contributed by atoms with Crippen LogP contribution in [0.25, 0.3) is 0 Å². The van der Waals surface area contributed by atoms with Crippen molar-refractivity contribution in [3.05, 3.63) is 29.8 Å². The van der Waals surface area contributed by atoms with Crippen LogP contribution in [0.1, 0.15) is 39.2 Å². The van der Waals surface area contributed by atoms with E-state index in [1.54, 1.807) is 0 Å². The van der Waals surface area contributed by atoms with E-state index in [9.17, 15) is 4.79 Å². The molecule has 2 aliphatic rings. The summed E-state index contributed by atoms with van der Waals surface area (Å²) in [7, 11) is 0. The fraction of sp³-hybridized carbons (Fsp3) is 0.682. The van der Waals surface area contributed by atoms with Gasteiger partial charge in [-0.3, -0.25) is 14.6 Å². The maximum atomic E-state index is 12.7. The van der Waals surface area contributed by atoms with Crippen LogP contribution >= 0.6 is 0 Å². The predicted molar refractivity (Wildman–Crippen MR) is 112 cm³/mol. The van der Waals surface area contributed by atoms with Crippen molar-refractivity contribution in [2.45, 2.75) is 39.7 Å². The Kier molecular flexibility index (Phi) is 6.77. The van der Waals surface area contributed by atoms with Gasteiger partial charge < -0.3 is 9.80 Å². The van der Waals surface area contributed by atoms with Gasteiger partial charge in [-0.05, 0) is 37.5 Å². The van der Waals surface area contributed by atoms with E-state index in [-0.39, 0.29) is 0 Å². The van der Waals surface area contributed by atoms with E-state index in [0.29, 0.717) is 24.4 Å². The van der Waals surface area contributed by atoms with E-state index < -0.39 is 0 Å². The number of carbonyl (C=O) groups is 1. The second-order valence-corrected chi connectivity index (χ2v) is 8.52. The van der Waals surface area contributed by atoms with Gasteiger partial charge in [0.15, 0.2) is 0 Å². The first-order chi connectivity index (χ1) is 12.9. The Morgan fingerprint density at radius 2 is 1.44 bits per heavy atom. The van der Waals surface area contributed by atoms with Gasteiger partial charge in [0.25, 0.3) is 0 Å². The topological polar surface area (TPSA) is 30.0 Å². The standard InChI is InChI=1S/C22H36N4O/c1-18(2)20-5-7-21(8-6-20)25-13-15-26(16-14-25)22(27)17-23-9-11-24(12-10-23)19(3)4/h5-8,18-19H,9-17H2,1-4H3. The highest BCUT2D eigenvalue weighted by Gasteiger charge is 2.25. The third kappa shape index (κ3) is 5.23. The van der Waals surface area contributed by atoms with Gasteiger partial charge in [0.1, 0.15) is 0 Å². The zero-order valence-electron chi connectivity index (χ0n) is 17.5. The van der Waals surface area contributed by atoms with Crippen molar-refractivity contribution < 1.29 is 4.79 Å². The van der Waals surface area contributed by atoms with Gasteiger partial charge in [-0.25, -0.2) is 0 Å². The zero-order valence-corrected chi connectivity index (χ0v) is 17.5. The van der Waals surface area contributed by atoms with Crippen molar-refractivity contribution in [3.63, 3.8) is 0 Å². The Balaban J connectivity index is 1.44. The third-order valence-corrected chi connectivity index (χ3v) is 6.05. The molecule has 0 saturated carbocycles. The first-order valence-electron chi connectivity index (χ1n) is 10.5. The van der Waals surface area contributed by atoms with E-state index in [2.05, 4.69) is 66.7 Å². The molecule has 0 aliphatic carbocycles. The summed E-state index contributed by atoms with van der Waals surface area (Å²) in [6.07, 6.45) is 0.